The molecule has 1 aromatic rings. The van der Waals surface area contributed by atoms with Crippen LogP contribution in [0.2, 0.25) is 0 Å². The van der Waals surface area contributed by atoms with Crippen molar-refractivity contribution in [3.05, 3.63) is 48.6 Å². The smallest absolute Gasteiger partial charge is 0.160 e. The number of hydrogen-bond acceptors (Lipinski definition) is 2. The molecule has 2 heteroatoms. The van der Waals surface area contributed by atoms with E-state index < -0.39 is 0 Å². The van der Waals surface area contributed by atoms with Gasteiger partial charge in [0.2, 0.25) is 0 Å². The van der Waals surface area contributed by atoms with E-state index in [4.69, 9.17) is 9.47 Å². The molecule has 1 aliphatic rings. The average Bonchev–Trinajstić information content (AvgIpc) is 2.73. The SMILES string of the molecule is C=C[C@H]1[C@@H](C)[C@H](OC)O[C@@H]1CCc1ccccc1. The summed E-state index contributed by atoms with van der Waals surface area (Å²) in [6.07, 6.45) is 4.21. The van der Waals surface area contributed by atoms with Gasteiger partial charge in [0, 0.05) is 18.9 Å². The van der Waals surface area contributed by atoms with E-state index >= 15 is 0 Å². The lowest BCUT2D eigenvalue weighted by Crippen LogP contribution is -2.18. The molecule has 0 N–H and O–H groups in total. The Balaban J connectivity index is 1.94. The lowest BCUT2D eigenvalue weighted by molar-refractivity contribution is -0.130. The largest absolute Gasteiger partial charge is 0.356 e. The van der Waals surface area contributed by atoms with Crippen molar-refractivity contribution in [2.24, 2.45) is 11.8 Å². The van der Waals surface area contributed by atoms with E-state index in [1.165, 1.54) is 5.56 Å². The molecule has 0 saturated carbocycles. The zero-order valence-corrected chi connectivity index (χ0v) is 11.2. The summed E-state index contributed by atoms with van der Waals surface area (Å²) in [6, 6.07) is 10.5. The number of ether oxygens (including phenoxy) is 2. The molecule has 1 aromatic carbocycles. The topological polar surface area (TPSA) is 18.5 Å². The van der Waals surface area contributed by atoms with Crippen LogP contribution in [-0.4, -0.2) is 19.5 Å². The molecular formula is C16H22O2. The fourth-order valence-electron chi connectivity index (χ4n) is 2.76. The number of aryl methyl sites for hydroxylation is 1. The van der Waals surface area contributed by atoms with Crippen molar-refractivity contribution in [1.29, 1.82) is 0 Å². The predicted molar refractivity (Wildman–Crippen MR) is 73.3 cm³/mol. The summed E-state index contributed by atoms with van der Waals surface area (Å²) >= 11 is 0. The third kappa shape index (κ3) is 2.82. The molecule has 0 aromatic heterocycles. The molecule has 0 spiro atoms. The van der Waals surface area contributed by atoms with E-state index in [1.54, 1.807) is 7.11 Å². The summed E-state index contributed by atoms with van der Waals surface area (Å²) < 4.78 is 11.3. The number of rotatable bonds is 5. The minimum atomic E-state index is -0.0891. The Morgan fingerprint density at radius 2 is 2.06 bits per heavy atom. The van der Waals surface area contributed by atoms with E-state index in [9.17, 15) is 0 Å². The number of hydrogen-bond donors (Lipinski definition) is 0. The first-order valence-corrected chi connectivity index (χ1v) is 6.61. The van der Waals surface area contributed by atoms with Crippen LogP contribution in [0.25, 0.3) is 0 Å². The first kappa shape index (κ1) is 13.3. The Morgan fingerprint density at radius 1 is 1.33 bits per heavy atom. The molecule has 0 amide bonds. The first-order chi connectivity index (χ1) is 8.76. The molecule has 2 nitrogen and oxygen atoms in total. The fraction of sp³-hybridized carbons (Fsp3) is 0.500. The van der Waals surface area contributed by atoms with Crippen LogP contribution in [0.5, 0.6) is 0 Å². The number of benzene rings is 1. The van der Waals surface area contributed by atoms with Gasteiger partial charge in [-0.1, -0.05) is 43.3 Å². The molecule has 1 aliphatic heterocycles. The molecule has 18 heavy (non-hydrogen) atoms. The summed E-state index contributed by atoms with van der Waals surface area (Å²) in [7, 11) is 1.71. The maximum Gasteiger partial charge on any atom is 0.160 e. The Bertz CT molecular complexity index is 374. The van der Waals surface area contributed by atoms with E-state index in [-0.39, 0.29) is 12.4 Å². The maximum absolute atomic E-state index is 5.95. The average molecular weight is 246 g/mol. The molecule has 98 valence electrons. The van der Waals surface area contributed by atoms with E-state index in [1.807, 2.05) is 12.1 Å². The monoisotopic (exact) mass is 246 g/mol. The van der Waals surface area contributed by atoms with Gasteiger partial charge in [0.15, 0.2) is 6.29 Å². The molecule has 4 atom stereocenters. The molecule has 1 saturated heterocycles. The van der Waals surface area contributed by atoms with Crippen LogP contribution in [0.3, 0.4) is 0 Å². The molecule has 0 unspecified atom stereocenters. The van der Waals surface area contributed by atoms with Crippen molar-refractivity contribution in [3.8, 4) is 0 Å². The molecular weight excluding hydrogens is 224 g/mol. The zero-order chi connectivity index (χ0) is 13.0. The molecule has 1 fully saturated rings. The second kappa shape index (κ2) is 6.17. The van der Waals surface area contributed by atoms with Crippen molar-refractivity contribution in [3.63, 3.8) is 0 Å². The van der Waals surface area contributed by atoms with Gasteiger partial charge in [-0.15, -0.1) is 6.58 Å². The normalized spacial score (nSPS) is 31.4. The van der Waals surface area contributed by atoms with E-state index in [0.29, 0.717) is 11.8 Å². The first-order valence-electron chi connectivity index (χ1n) is 6.61. The van der Waals surface area contributed by atoms with Crippen LogP contribution in [0.4, 0.5) is 0 Å². The van der Waals surface area contributed by atoms with Gasteiger partial charge in [-0.3, -0.25) is 0 Å². The van der Waals surface area contributed by atoms with Crippen LogP contribution < -0.4 is 0 Å². The van der Waals surface area contributed by atoms with Crippen LogP contribution in [-0.2, 0) is 15.9 Å². The third-order valence-electron chi connectivity index (χ3n) is 3.84. The summed E-state index contributed by atoms with van der Waals surface area (Å²) in [5.41, 5.74) is 1.36. The van der Waals surface area contributed by atoms with Gasteiger partial charge < -0.3 is 9.47 Å². The number of methoxy groups -OCH3 is 1. The molecule has 0 aliphatic carbocycles. The van der Waals surface area contributed by atoms with E-state index in [2.05, 4.69) is 37.8 Å². The van der Waals surface area contributed by atoms with Gasteiger partial charge in [0.25, 0.3) is 0 Å². The Labute approximate surface area is 110 Å². The van der Waals surface area contributed by atoms with Gasteiger partial charge in [-0.2, -0.15) is 0 Å². The molecule has 1 heterocycles. The Morgan fingerprint density at radius 3 is 2.67 bits per heavy atom. The third-order valence-corrected chi connectivity index (χ3v) is 3.84. The zero-order valence-electron chi connectivity index (χ0n) is 11.2. The van der Waals surface area contributed by atoms with Gasteiger partial charge in [0.1, 0.15) is 0 Å². The van der Waals surface area contributed by atoms with Crippen molar-refractivity contribution in [1.82, 2.24) is 0 Å². The van der Waals surface area contributed by atoms with Crippen molar-refractivity contribution >= 4 is 0 Å². The highest BCUT2D eigenvalue weighted by atomic mass is 16.7. The van der Waals surface area contributed by atoms with Crippen molar-refractivity contribution in [2.75, 3.05) is 7.11 Å². The Kier molecular flexibility index (Phi) is 4.56. The molecule has 2 rings (SSSR count). The van der Waals surface area contributed by atoms with Gasteiger partial charge in [0.05, 0.1) is 6.10 Å². The van der Waals surface area contributed by atoms with Crippen LogP contribution in [0.1, 0.15) is 18.9 Å². The van der Waals surface area contributed by atoms with Crippen LogP contribution >= 0.6 is 0 Å². The second-order valence-corrected chi connectivity index (χ2v) is 4.98. The lowest BCUT2D eigenvalue weighted by Gasteiger charge is -2.16. The standard InChI is InChI=1S/C16H22O2/c1-4-14-12(2)16(17-3)18-15(14)11-10-13-8-6-5-7-9-13/h4-9,12,14-16H,1,10-11H2,2-3H3/t12-,14+,15-,16-/m1/s1. The predicted octanol–water partition coefficient (Wildman–Crippen LogP) is 3.43. The maximum atomic E-state index is 5.95. The van der Waals surface area contributed by atoms with Crippen molar-refractivity contribution in [2.45, 2.75) is 32.2 Å². The highest BCUT2D eigenvalue weighted by Gasteiger charge is 2.39. The van der Waals surface area contributed by atoms with Crippen molar-refractivity contribution < 1.29 is 9.47 Å². The van der Waals surface area contributed by atoms with Crippen LogP contribution in [0.15, 0.2) is 43.0 Å². The summed E-state index contributed by atoms with van der Waals surface area (Å²) in [5.74, 6) is 0.770. The highest BCUT2D eigenvalue weighted by molar-refractivity contribution is 5.15. The minimum absolute atomic E-state index is 0.0891. The summed E-state index contributed by atoms with van der Waals surface area (Å²) in [4.78, 5) is 0. The van der Waals surface area contributed by atoms with Gasteiger partial charge >= 0.3 is 0 Å². The quantitative estimate of drug-likeness (QED) is 0.741. The second-order valence-electron chi connectivity index (χ2n) is 4.98. The molecule has 0 radical (unpaired) electrons. The lowest BCUT2D eigenvalue weighted by atomic mass is 9.89. The van der Waals surface area contributed by atoms with Gasteiger partial charge in [-0.25, -0.2) is 0 Å². The highest BCUT2D eigenvalue weighted by Crippen LogP contribution is 2.35. The molecule has 0 bridgehead atoms. The van der Waals surface area contributed by atoms with E-state index in [0.717, 1.165) is 12.8 Å². The Hall–Kier alpha value is -1.12. The fourth-order valence-corrected chi connectivity index (χ4v) is 2.76. The summed E-state index contributed by atoms with van der Waals surface area (Å²) in [5, 5.41) is 0. The minimum Gasteiger partial charge on any atom is -0.356 e. The van der Waals surface area contributed by atoms with Gasteiger partial charge in [-0.05, 0) is 18.4 Å². The summed E-state index contributed by atoms with van der Waals surface area (Å²) in [6.45, 7) is 6.10. The van der Waals surface area contributed by atoms with Crippen LogP contribution in [0, 0.1) is 11.8 Å².